The van der Waals surface area contributed by atoms with E-state index in [9.17, 15) is 9.59 Å². The lowest BCUT2D eigenvalue weighted by molar-refractivity contribution is -0.139. The van der Waals surface area contributed by atoms with E-state index in [0.29, 0.717) is 12.1 Å². The summed E-state index contributed by atoms with van der Waals surface area (Å²) >= 11 is 0. The molecule has 0 aromatic heterocycles. The Labute approximate surface area is 175 Å². The molecule has 0 aliphatic carbocycles. The highest BCUT2D eigenvalue weighted by atomic mass is 16.5. The highest BCUT2D eigenvalue weighted by Gasteiger charge is 2.24. The number of likely N-dealkylation sites (N-methyl/N-ethyl adjacent to an activating group) is 1. The van der Waals surface area contributed by atoms with E-state index in [1.165, 1.54) is 0 Å². The van der Waals surface area contributed by atoms with Crippen molar-refractivity contribution in [1.29, 1.82) is 0 Å². The minimum Gasteiger partial charge on any atom is -0.449 e. The van der Waals surface area contributed by atoms with E-state index >= 15 is 0 Å². The van der Waals surface area contributed by atoms with E-state index in [0.717, 1.165) is 27.1 Å². The second kappa shape index (κ2) is 8.37. The van der Waals surface area contributed by atoms with Gasteiger partial charge in [-0.15, -0.1) is 0 Å². The molecule has 30 heavy (non-hydrogen) atoms. The first-order chi connectivity index (χ1) is 14.5. The Kier molecular flexibility index (Phi) is 5.48. The van der Waals surface area contributed by atoms with Crippen LogP contribution < -0.4 is 0 Å². The van der Waals surface area contributed by atoms with Gasteiger partial charge < -0.3 is 9.64 Å². The van der Waals surface area contributed by atoms with Crippen LogP contribution in [0.3, 0.4) is 0 Å². The van der Waals surface area contributed by atoms with Crippen LogP contribution in [0, 0.1) is 0 Å². The zero-order chi connectivity index (χ0) is 21.1. The second-order valence-electron chi connectivity index (χ2n) is 7.42. The van der Waals surface area contributed by atoms with Crippen LogP contribution in [-0.2, 0) is 16.1 Å². The van der Waals surface area contributed by atoms with Crippen LogP contribution in [0.4, 0.5) is 0 Å². The smallest absolute Gasteiger partial charge is 0.340 e. The zero-order valence-corrected chi connectivity index (χ0v) is 17.0. The number of carbonyl (C=O) groups is 2. The standard InChI is InChI=1S/C26H23NO3/c1-18(25(28)27(2)17-19-10-4-3-5-11-19)30-26(29)24-22-14-8-6-12-20(22)16-21-13-7-9-15-23(21)24/h3-16,18H,17H2,1-2H3/t18-/m0/s1. The number of esters is 1. The van der Waals surface area contributed by atoms with Crippen LogP contribution in [0.15, 0.2) is 84.9 Å². The Morgan fingerprint density at radius 1 is 0.833 bits per heavy atom. The topological polar surface area (TPSA) is 46.6 Å². The van der Waals surface area contributed by atoms with E-state index in [1.807, 2.05) is 78.9 Å². The molecule has 0 saturated carbocycles. The second-order valence-corrected chi connectivity index (χ2v) is 7.42. The fourth-order valence-electron chi connectivity index (χ4n) is 3.75. The number of fused-ring (bicyclic) bond motifs is 2. The van der Waals surface area contributed by atoms with E-state index in [-0.39, 0.29) is 5.91 Å². The molecule has 0 N–H and O–H groups in total. The lowest BCUT2D eigenvalue weighted by Gasteiger charge is -2.22. The van der Waals surface area contributed by atoms with Crippen LogP contribution in [0.5, 0.6) is 0 Å². The molecule has 0 aliphatic heterocycles. The summed E-state index contributed by atoms with van der Waals surface area (Å²) in [6.45, 7) is 2.08. The Bertz CT molecular complexity index is 1160. The first kappa shape index (κ1) is 19.6. The van der Waals surface area contributed by atoms with Crippen molar-refractivity contribution in [2.24, 2.45) is 0 Å². The molecule has 1 amide bonds. The van der Waals surface area contributed by atoms with Crippen molar-refractivity contribution in [1.82, 2.24) is 4.90 Å². The number of hydrogen-bond donors (Lipinski definition) is 0. The van der Waals surface area contributed by atoms with Crippen LogP contribution in [0.2, 0.25) is 0 Å². The van der Waals surface area contributed by atoms with Gasteiger partial charge in [0.1, 0.15) is 0 Å². The number of carbonyl (C=O) groups excluding carboxylic acids is 2. The van der Waals surface area contributed by atoms with Gasteiger partial charge in [-0.3, -0.25) is 4.79 Å². The van der Waals surface area contributed by atoms with Crippen LogP contribution >= 0.6 is 0 Å². The van der Waals surface area contributed by atoms with Gasteiger partial charge in [0.2, 0.25) is 0 Å². The molecule has 1 atom stereocenters. The van der Waals surface area contributed by atoms with E-state index in [4.69, 9.17) is 4.74 Å². The maximum Gasteiger partial charge on any atom is 0.340 e. The van der Waals surface area contributed by atoms with Gasteiger partial charge in [-0.25, -0.2) is 4.79 Å². The molecule has 4 aromatic carbocycles. The maximum absolute atomic E-state index is 13.2. The summed E-state index contributed by atoms with van der Waals surface area (Å²) in [6.07, 6.45) is -0.885. The van der Waals surface area contributed by atoms with Crippen molar-refractivity contribution < 1.29 is 14.3 Å². The Hall–Kier alpha value is -3.66. The number of rotatable bonds is 5. The van der Waals surface area contributed by atoms with Gasteiger partial charge in [0.05, 0.1) is 5.56 Å². The van der Waals surface area contributed by atoms with E-state index < -0.39 is 12.1 Å². The molecule has 4 heteroatoms. The van der Waals surface area contributed by atoms with Crippen LogP contribution in [-0.4, -0.2) is 29.9 Å². The number of amides is 1. The fraction of sp³-hybridized carbons (Fsp3) is 0.154. The molecule has 0 spiro atoms. The molecule has 0 heterocycles. The van der Waals surface area contributed by atoms with Gasteiger partial charge in [-0.1, -0.05) is 78.9 Å². The zero-order valence-electron chi connectivity index (χ0n) is 17.0. The molecule has 0 unspecified atom stereocenters. The van der Waals surface area contributed by atoms with Crippen molar-refractivity contribution in [3.05, 3.63) is 96.1 Å². The molecule has 0 aliphatic rings. The van der Waals surface area contributed by atoms with E-state index in [2.05, 4.69) is 6.07 Å². The number of benzene rings is 4. The summed E-state index contributed by atoms with van der Waals surface area (Å²) in [5.41, 5.74) is 1.51. The van der Waals surface area contributed by atoms with Gasteiger partial charge in [0, 0.05) is 13.6 Å². The summed E-state index contributed by atoms with van der Waals surface area (Å²) < 4.78 is 5.64. The van der Waals surface area contributed by atoms with Crippen molar-refractivity contribution >= 4 is 33.4 Å². The first-order valence-electron chi connectivity index (χ1n) is 9.95. The quantitative estimate of drug-likeness (QED) is 0.344. The number of nitrogens with zero attached hydrogens (tertiary/aromatic N) is 1. The molecular formula is C26H23NO3. The van der Waals surface area contributed by atoms with Gasteiger partial charge in [-0.2, -0.15) is 0 Å². The average Bonchev–Trinajstić information content (AvgIpc) is 2.77. The van der Waals surface area contributed by atoms with Gasteiger partial charge in [0.15, 0.2) is 6.10 Å². The third-order valence-corrected chi connectivity index (χ3v) is 5.25. The van der Waals surface area contributed by atoms with Crippen molar-refractivity contribution in [3.63, 3.8) is 0 Å². The van der Waals surface area contributed by atoms with Crippen molar-refractivity contribution in [2.75, 3.05) is 7.05 Å². The molecule has 0 fully saturated rings. The normalized spacial score (nSPS) is 11.9. The predicted octanol–water partition coefficient (Wildman–Crippen LogP) is 5.20. The fourth-order valence-corrected chi connectivity index (χ4v) is 3.75. The van der Waals surface area contributed by atoms with Crippen LogP contribution in [0.25, 0.3) is 21.5 Å². The maximum atomic E-state index is 13.2. The molecule has 0 radical (unpaired) electrons. The lowest BCUT2D eigenvalue weighted by Crippen LogP contribution is -2.37. The summed E-state index contributed by atoms with van der Waals surface area (Å²) in [7, 11) is 1.72. The third-order valence-electron chi connectivity index (χ3n) is 5.25. The molecule has 4 nitrogen and oxygen atoms in total. The number of hydrogen-bond acceptors (Lipinski definition) is 3. The largest absolute Gasteiger partial charge is 0.449 e. The molecule has 0 bridgehead atoms. The third kappa shape index (κ3) is 3.90. The lowest BCUT2D eigenvalue weighted by atomic mass is 9.97. The summed E-state index contributed by atoms with van der Waals surface area (Å²) in [4.78, 5) is 27.5. The number of ether oxygens (including phenoxy) is 1. The highest BCUT2D eigenvalue weighted by molar-refractivity contribution is 6.16. The molecule has 4 aromatic rings. The molecule has 0 saturated heterocycles. The minimum absolute atomic E-state index is 0.239. The van der Waals surface area contributed by atoms with Gasteiger partial charge in [-0.05, 0) is 40.1 Å². The Balaban J connectivity index is 1.60. The van der Waals surface area contributed by atoms with Crippen LogP contribution in [0.1, 0.15) is 22.8 Å². The highest BCUT2D eigenvalue weighted by Crippen LogP contribution is 2.29. The minimum atomic E-state index is -0.885. The monoisotopic (exact) mass is 397 g/mol. The first-order valence-corrected chi connectivity index (χ1v) is 9.95. The summed E-state index contributed by atoms with van der Waals surface area (Å²) in [5, 5.41) is 3.56. The SMILES string of the molecule is C[C@H](OC(=O)c1c2ccccc2cc2ccccc12)C(=O)N(C)Cc1ccccc1. The van der Waals surface area contributed by atoms with Gasteiger partial charge >= 0.3 is 5.97 Å². The summed E-state index contributed by atoms with van der Waals surface area (Å²) in [6, 6.07) is 27.2. The molecular weight excluding hydrogens is 374 g/mol. The van der Waals surface area contributed by atoms with Gasteiger partial charge in [0.25, 0.3) is 5.91 Å². The van der Waals surface area contributed by atoms with Crippen molar-refractivity contribution in [2.45, 2.75) is 19.6 Å². The van der Waals surface area contributed by atoms with Crippen molar-refractivity contribution in [3.8, 4) is 0 Å². The Morgan fingerprint density at radius 2 is 1.37 bits per heavy atom. The average molecular weight is 397 g/mol. The molecule has 4 rings (SSSR count). The summed E-state index contributed by atoms with van der Waals surface area (Å²) in [5.74, 6) is -0.728. The van der Waals surface area contributed by atoms with E-state index in [1.54, 1.807) is 18.9 Å². The predicted molar refractivity (Wildman–Crippen MR) is 119 cm³/mol. The Morgan fingerprint density at radius 3 is 1.97 bits per heavy atom. The molecule has 150 valence electrons.